The van der Waals surface area contributed by atoms with E-state index in [-0.39, 0.29) is 22.9 Å². The number of rotatable bonds is 4. The molecular formula is C15H14FNO3. The molecule has 0 bridgehead atoms. The lowest BCUT2D eigenvalue weighted by Gasteiger charge is -2.06. The molecule has 0 aromatic heterocycles. The molecule has 0 saturated carbocycles. The van der Waals surface area contributed by atoms with Crippen molar-refractivity contribution in [3.63, 3.8) is 0 Å². The van der Waals surface area contributed by atoms with Gasteiger partial charge in [0.1, 0.15) is 17.3 Å². The first-order valence-electron chi connectivity index (χ1n) is 6.10. The maximum absolute atomic E-state index is 13.0. The summed E-state index contributed by atoms with van der Waals surface area (Å²) < 4.78 is 13.0. The van der Waals surface area contributed by atoms with Crippen molar-refractivity contribution < 1.29 is 19.4 Å². The molecular weight excluding hydrogens is 261 g/mol. The van der Waals surface area contributed by atoms with Crippen LogP contribution in [0.15, 0.2) is 42.5 Å². The Labute approximate surface area is 115 Å². The Balaban J connectivity index is 1.92. The summed E-state index contributed by atoms with van der Waals surface area (Å²) in [5, 5.41) is 21.2. The van der Waals surface area contributed by atoms with Gasteiger partial charge in [-0.3, -0.25) is 4.79 Å². The molecule has 2 aromatic rings. The lowest BCUT2D eigenvalue weighted by molar-refractivity contribution is 0.0953. The second-order valence-corrected chi connectivity index (χ2v) is 4.37. The highest BCUT2D eigenvalue weighted by molar-refractivity contribution is 5.95. The molecule has 3 N–H and O–H groups in total. The van der Waals surface area contributed by atoms with E-state index in [2.05, 4.69) is 5.32 Å². The molecule has 0 aliphatic heterocycles. The number of amides is 1. The first-order chi connectivity index (χ1) is 9.54. The van der Waals surface area contributed by atoms with Crippen LogP contribution in [0.5, 0.6) is 11.5 Å². The Hall–Kier alpha value is -2.56. The predicted molar refractivity (Wildman–Crippen MR) is 72.2 cm³/mol. The van der Waals surface area contributed by atoms with E-state index in [0.717, 1.165) is 11.6 Å². The molecule has 0 radical (unpaired) electrons. The van der Waals surface area contributed by atoms with E-state index in [4.69, 9.17) is 0 Å². The highest BCUT2D eigenvalue weighted by atomic mass is 19.1. The molecule has 2 rings (SSSR count). The molecule has 0 heterocycles. The molecule has 0 unspecified atom stereocenters. The molecule has 5 heteroatoms. The Bertz CT molecular complexity index is 608. The number of benzene rings is 2. The highest BCUT2D eigenvalue weighted by Gasteiger charge is 2.08. The van der Waals surface area contributed by atoms with Gasteiger partial charge >= 0.3 is 0 Å². The van der Waals surface area contributed by atoms with E-state index in [1.54, 1.807) is 12.1 Å². The number of hydrogen-bond acceptors (Lipinski definition) is 3. The number of carbonyl (C=O) groups is 1. The minimum atomic E-state index is -0.410. The average molecular weight is 275 g/mol. The number of nitrogens with one attached hydrogen (secondary N) is 1. The summed E-state index contributed by atoms with van der Waals surface area (Å²) >= 11 is 0. The lowest BCUT2D eigenvalue weighted by Crippen LogP contribution is -2.25. The van der Waals surface area contributed by atoms with Gasteiger partial charge in [-0.05, 0) is 36.2 Å². The van der Waals surface area contributed by atoms with E-state index in [9.17, 15) is 19.4 Å². The van der Waals surface area contributed by atoms with E-state index < -0.39 is 5.91 Å². The maximum Gasteiger partial charge on any atom is 0.251 e. The van der Waals surface area contributed by atoms with E-state index in [1.165, 1.54) is 24.3 Å². The van der Waals surface area contributed by atoms with Gasteiger partial charge in [0.25, 0.3) is 5.91 Å². The van der Waals surface area contributed by atoms with Crippen LogP contribution in [0, 0.1) is 5.82 Å². The molecule has 4 nitrogen and oxygen atoms in total. The van der Waals surface area contributed by atoms with Crippen molar-refractivity contribution in [2.45, 2.75) is 6.42 Å². The van der Waals surface area contributed by atoms with Crippen molar-refractivity contribution in [2.75, 3.05) is 6.54 Å². The van der Waals surface area contributed by atoms with Gasteiger partial charge in [0, 0.05) is 18.2 Å². The Morgan fingerprint density at radius 1 is 1.10 bits per heavy atom. The van der Waals surface area contributed by atoms with Crippen molar-refractivity contribution >= 4 is 5.91 Å². The minimum absolute atomic E-state index is 0.168. The zero-order valence-corrected chi connectivity index (χ0v) is 10.6. The summed E-state index contributed by atoms with van der Waals surface area (Å²) in [6.45, 7) is 0.332. The normalized spacial score (nSPS) is 10.2. The van der Waals surface area contributed by atoms with Crippen LogP contribution < -0.4 is 5.32 Å². The van der Waals surface area contributed by atoms with Crippen LogP contribution in [0.3, 0.4) is 0 Å². The monoisotopic (exact) mass is 275 g/mol. The van der Waals surface area contributed by atoms with Gasteiger partial charge in [-0.2, -0.15) is 0 Å². The van der Waals surface area contributed by atoms with Gasteiger partial charge in [-0.1, -0.05) is 12.1 Å². The van der Waals surface area contributed by atoms with Crippen LogP contribution in [0.1, 0.15) is 15.9 Å². The summed E-state index contributed by atoms with van der Waals surface area (Å²) in [5.41, 5.74) is 0.950. The number of carbonyl (C=O) groups excluding carboxylic acids is 1. The quantitative estimate of drug-likeness (QED) is 0.801. The number of phenolic OH excluding ortho intramolecular Hbond substituents is 2. The smallest absolute Gasteiger partial charge is 0.251 e. The second kappa shape index (κ2) is 6.06. The third-order valence-corrected chi connectivity index (χ3v) is 2.75. The van der Waals surface area contributed by atoms with Crippen LogP contribution in [0.25, 0.3) is 0 Å². The fourth-order valence-electron chi connectivity index (χ4n) is 1.84. The van der Waals surface area contributed by atoms with Gasteiger partial charge in [-0.25, -0.2) is 4.39 Å². The van der Waals surface area contributed by atoms with Crippen molar-refractivity contribution in [1.29, 1.82) is 0 Å². The van der Waals surface area contributed by atoms with Crippen LogP contribution in [-0.4, -0.2) is 22.7 Å². The maximum atomic E-state index is 13.0. The lowest BCUT2D eigenvalue weighted by atomic mass is 10.1. The third-order valence-electron chi connectivity index (χ3n) is 2.75. The van der Waals surface area contributed by atoms with E-state index in [0.29, 0.717) is 13.0 Å². The predicted octanol–water partition coefficient (Wildman–Crippen LogP) is 2.21. The molecule has 0 saturated heterocycles. The molecule has 1 amide bonds. The summed E-state index contributed by atoms with van der Waals surface area (Å²) in [6.07, 6.45) is 0.494. The van der Waals surface area contributed by atoms with Crippen LogP contribution in [0.4, 0.5) is 4.39 Å². The second-order valence-electron chi connectivity index (χ2n) is 4.37. The zero-order chi connectivity index (χ0) is 14.5. The summed E-state index contributed by atoms with van der Waals surface area (Å²) in [4.78, 5) is 11.8. The van der Waals surface area contributed by atoms with Crippen LogP contribution in [0.2, 0.25) is 0 Å². The molecule has 104 valence electrons. The first kappa shape index (κ1) is 13.9. The van der Waals surface area contributed by atoms with Gasteiger partial charge in [0.2, 0.25) is 0 Å². The van der Waals surface area contributed by atoms with E-state index >= 15 is 0 Å². The molecule has 0 aliphatic carbocycles. The van der Waals surface area contributed by atoms with Crippen molar-refractivity contribution in [2.24, 2.45) is 0 Å². The van der Waals surface area contributed by atoms with Crippen molar-refractivity contribution in [3.8, 4) is 11.5 Å². The SMILES string of the molecule is O=C(NCCc1cccc(F)c1)c1cc(O)cc(O)c1. The van der Waals surface area contributed by atoms with Crippen LogP contribution in [-0.2, 0) is 6.42 Å². The third kappa shape index (κ3) is 3.71. The Kier molecular flexibility index (Phi) is 4.20. The topological polar surface area (TPSA) is 69.6 Å². The minimum Gasteiger partial charge on any atom is -0.508 e. The average Bonchev–Trinajstić information content (AvgIpc) is 2.37. The number of halogens is 1. The molecule has 0 spiro atoms. The highest BCUT2D eigenvalue weighted by Crippen LogP contribution is 2.20. The zero-order valence-electron chi connectivity index (χ0n) is 10.6. The molecule has 2 aromatic carbocycles. The number of hydrogen-bond donors (Lipinski definition) is 3. The van der Waals surface area contributed by atoms with Crippen LogP contribution >= 0.6 is 0 Å². The first-order valence-corrected chi connectivity index (χ1v) is 6.10. The molecule has 0 aliphatic rings. The molecule has 0 atom stereocenters. The number of aromatic hydroxyl groups is 2. The van der Waals surface area contributed by atoms with Gasteiger partial charge < -0.3 is 15.5 Å². The fourth-order valence-corrected chi connectivity index (χ4v) is 1.84. The van der Waals surface area contributed by atoms with E-state index in [1.807, 2.05) is 0 Å². The number of phenols is 2. The van der Waals surface area contributed by atoms with Crippen molar-refractivity contribution in [3.05, 3.63) is 59.4 Å². The van der Waals surface area contributed by atoms with Gasteiger partial charge in [0.05, 0.1) is 0 Å². The van der Waals surface area contributed by atoms with Gasteiger partial charge in [-0.15, -0.1) is 0 Å². The summed E-state index contributed by atoms with van der Waals surface area (Å²) in [6, 6.07) is 9.82. The molecule has 20 heavy (non-hydrogen) atoms. The largest absolute Gasteiger partial charge is 0.508 e. The van der Waals surface area contributed by atoms with Crippen molar-refractivity contribution in [1.82, 2.24) is 5.32 Å². The Morgan fingerprint density at radius 2 is 1.80 bits per heavy atom. The standard InChI is InChI=1S/C15H14FNO3/c16-12-3-1-2-10(6-12)4-5-17-15(20)11-7-13(18)9-14(19)8-11/h1-3,6-9,18-19H,4-5H2,(H,17,20). The Morgan fingerprint density at radius 3 is 2.45 bits per heavy atom. The summed E-state index contributed by atoms with van der Waals surface area (Å²) in [5.74, 6) is -1.08. The van der Waals surface area contributed by atoms with Gasteiger partial charge in [0.15, 0.2) is 0 Å². The fraction of sp³-hybridized carbons (Fsp3) is 0.133. The summed E-state index contributed by atoms with van der Waals surface area (Å²) in [7, 11) is 0. The molecule has 0 fully saturated rings.